The Hall–Kier alpha value is -3.30. The maximum Gasteiger partial charge on any atom is 0.337 e. The summed E-state index contributed by atoms with van der Waals surface area (Å²) in [6.07, 6.45) is 1.50. The molecule has 3 rings (SSSR count). The SMILES string of the molecule is O=C(CN1C(=O)S/C(=C\c2cccc(Cl)c2)C1=O)Nc1ccc(O)cc1C(=O)O. The van der Waals surface area contributed by atoms with Crippen LogP contribution in [0.1, 0.15) is 15.9 Å². The summed E-state index contributed by atoms with van der Waals surface area (Å²) in [7, 11) is 0. The fourth-order valence-electron chi connectivity index (χ4n) is 2.54. The second kappa shape index (κ2) is 8.38. The number of carbonyl (C=O) groups is 4. The van der Waals surface area contributed by atoms with Crippen LogP contribution in [0, 0.1) is 0 Å². The Kier molecular flexibility index (Phi) is 5.90. The minimum absolute atomic E-state index is 0.0678. The molecular weight excluding hydrogens is 420 g/mol. The van der Waals surface area contributed by atoms with Gasteiger partial charge >= 0.3 is 5.97 Å². The number of aromatic hydroxyl groups is 1. The van der Waals surface area contributed by atoms with Gasteiger partial charge in [-0.05, 0) is 53.7 Å². The molecule has 1 aliphatic rings. The van der Waals surface area contributed by atoms with E-state index >= 15 is 0 Å². The lowest BCUT2D eigenvalue weighted by atomic mass is 10.1. The molecule has 3 N–H and O–H groups in total. The predicted molar refractivity (Wildman–Crippen MR) is 108 cm³/mol. The lowest BCUT2D eigenvalue weighted by molar-refractivity contribution is -0.127. The summed E-state index contributed by atoms with van der Waals surface area (Å²) in [6.45, 7) is -0.586. The Balaban J connectivity index is 1.74. The number of phenols is 1. The minimum Gasteiger partial charge on any atom is -0.508 e. The third kappa shape index (κ3) is 4.76. The predicted octanol–water partition coefficient (Wildman–Crippen LogP) is 3.42. The maximum atomic E-state index is 12.5. The van der Waals surface area contributed by atoms with E-state index in [0.29, 0.717) is 22.3 Å². The van der Waals surface area contributed by atoms with Crippen LogP contribution in [0.5, 0.6) is 5.75 Å². The average Bonchev–Trinajstić information content (AvgIpc) is 2.90. The number of anilines is 1. The molecule has 10 heteroatoms. The van der Waals surface area contributed by atoms with Crippen molar-refractivity contribution >= 4 is 58.1 Å². The van der Waals surface area contributed by atoms with E-state index in [1.54, 1.807) is 24.3 Å². The molecule has 0 spiro atoms. The van der Waals surface area contributed by atoms with E-state index in [4.69, 9.17) is 16.7 Å². The van der Waals surface area contributed by atoms with E-state index < -0.39 is 29.6 Å². The summed E-state index contributed by atoms with van der Waals surface area (Å²) in [5, 5.41) is 20.7. The second-order valence-corrected chi connectivity index (χ2v) is 7.34. The minimum atomic E-state index is -1.35. The number of nitrogens with zero attached hydrogens (tertiary/aromatic N) is 1. The quantitative estimate of drug-likeness (QED) is 0.488. The van der Waals surface area contributed by atoms with Gasteiger partial charge in [0.05, 0.1) is 16.2 Å². The highest BCUT2D eigenvalue weighted by atomic mass is 35.5. The molecule has 1 aliphatic heterocycles. The summed E-state index contributed by atoms with van der Waals surface area (Å²) in [5.74, 6) is -3.03. The van der Waals surface area contributed by atoms with Crippen LogP contribution in [0.15, 0.2) is 47.4 Å². The van der Waals surface area contributed by atoms with Gasteiger partial charge in [-0.15, -0.1) is 0 Å². The fraction of sp³-hybridized carbons (Fsp3) is 0.0526. The Morgan fingerprint density at radius 1 is 1.17 bits per heavy atom. The Morgan fingerprint density at radius 3 is 2.62 bits per heavy atom. The van der Waals surface area contributed by atoms with Gasteiger partial charge in [-0.2, -0.15) is 0 Å². The smallest absolute Gasteiger partial charge is 0.337 e. The number of carboxylic acid groups (broad SMARTS) is 1. The van der Waals surface area contributed by atoms with Crippen LogP contribution in [0.4, 0.5) is 10.5 Å². The number of carbonyl (C=O) groups excluding carboxylic acids is 3. The molecule has 0 atom stereocenters. The first-order chi connectivity index (χ1) is 13.7. The normalized spacial score (nSPS) is 15.1. The number of hydrogen-bond acceptors (Lipinski definition) is 6. The van der Waals surface area contributed by atoms with Crippen molar-refractivity contribution in [1.29, 1.82) is 0 Å². The van der Waals surface area contributed by atoms with Gasteiger partial charge in [0.2, 0.25) is 5.91 Å². The van der Waals surface area contributed by atoms with E-state index in [9.17, 15) is 24.3 Å². The first kappa shape index (κ1) is 20.4. The highest BCUT2D eigenvalue weighted by molar-refractivity contribution is 8.18. The van der Waals surface area contributed by atoms with Crippen molar-refractivity contribution in [3.05, 3.63) is 63.5 Å². The molecule has 0 aliphatic carbocycles. The number of amides is 3. The number of carboxylic acids is 1. The van der Waals surface area contributed by atoms with Crippen molar-refractivity contribution in [3.8, 4) is 5.75 Å². The molecule has 29 heavy (non-hydrogen) atoms. The number of halogens is 1. The van der Waals surface area contributed by atoms with Crippen LogP contribution in [0.25, 0.3) is 6.08 Å². The number of benzene rings is 2. The van der Waals surface area contributed by atoms with E-state index in [2.05, 4.69) is 5.32 Å². The van der Waals surface area contributed by atoms with E-state index in [0.717, 1.165) is 11.0 Å². The molecule has 3 amide bonds. The molecular formula is C19H13ClN2O6S. The molecule has 0 radical (unpaired) electrons. The number of thioether (sulfide) groups is 1. The first-order valence-electron chi connectivity index (χ1n) is 8.11. The number of hydrogen-bond donors (Lipinski definition) is 3. The van der Waals surface area contributed by atoms with Crippen LogP contribution >= 0.6 is 23.4 Å². The summed E-state index contributed by atoms with van der Waals surface area (Å²) in [5.41, 5.74) is 0.234. The summed E-state index contributed by atoms with van der Waals surface area (Å²) in [6, 6.07) is 10.1. The van der Waals surface area contributed by atoms with Crippen molar-refractivity contribution in [3.63, 3.8) is 0 Å². The van der Waals surface area contributed by atoms with Gasteiger partial charge < -0.3 is 15.5 Å². The molecule has 0 bridgehead atoms. The van der Waals surface area contributed by atoms with Gasteiger partial charge in [0, 0.05) is 5.02 Å². The molecule has 1 saturated heterocycles. The number of phenolic OH excluding ortho intramolecular Hbond substituents is 1. The number of rotatable bonds is 5. The van der Waals surface area contributed by atoms with Crippen molar-refractivity contribution in [2.75, 3.05) is 11.9 Å². The zero-order valence-corrected chi connectivity index (χ0v) is 16.2. The van der Waals surface area contributed by atoms with Crippen LogP contribution < -0.4 is 5.32 Å². The van der Waals surface area contributed by atoms with Crippen LogP contribution in [0.3, 0.4) is 0 Å². The highest BCUT2D eigenvalue weighted by Gasteiger charge is 2.36. The lowest BCUT2D eigenvalue weighted by Gasteiger charge is -2.13. The number of aromatic carboxylic acids is 1. The zero-order chi connectivity index (χ0) is 21.1. The van der Waals surface area contributed by atoms with Gasteiger partial charge in [0.1, 0.15) is 12.3 Å². The molecule has 1 heterocycles. The van der Waals surface area contributed by atoms with E-state index in [1.807, 2.05) is 0 Å². The van der Waals surface area contributed by atoms with Gasteiger partial charge in [-0.3, -0.25) is 19.3 Å². The van der Waals surface area contributed by atoms with Gasteiger partial charge in [0.25, 0.3) is 11.1 Å². The Morgan fingerprint density at radius 2 is 1.93 bits per heavy atom. The number of imide groups is 1. The van der Waals surface area contributed by atoms with Gasteiger partial charge in [0.15, 0.2) is 0 Å². The molecule has 0 aromatic heterocycles. The van der Waals surface area contributed by atoms with Gasteiger partial charge in [-0.25, -0.2) is 4.79 Å². The molecule has 148 valence electrons. The zero-order valence-electron chi connectivity index (χ0n) is 14.6. The standard InChI is InChI=1S/C19H13ClN2O6S/c20-11-3-1-2-10(6-11)7-15-17(25)22(19(28)29-15)9-16(24)21-14-5-4-12(23)8-13(14)18(26)27/h1-8,23H,9H2,(H,21,24)(H,26,27)/b15-7-. The summed E-state index contributed by atoms with van der Waals surface area (Å²) >= 11 is 6.59. The van der Waals surface area contributed by atoms with Crippen LogP contribution in [-0.2, 0) is 9.59 Å². The summed E-state index contributed by atoms with van der Waals surface area (Å²) < 4.78 is 0. The van der Waals surface area contributed by atoms with Crippen LogP contribution in [0.2, 0.25) is 5.02 Å². The average molecular weight is 433 g/mol. The van der Waals surface area contributed by atoms with Crippen molar-refractivity contribution in [1.82, 2.24) is 4.90 Å². The van der Waals surface area contributed by atoms with Gasteiger partial charge in [-0.1, -0.05) is 23.7 Å². The number of nitrogens with one attached hydrogen (secondary N) is 1. The molecule has 2 aromatic rings. The third-order valence-corrected chi connectivity index (χ3v) is 4.97. The molecule has 8 nitrogen and oxygen atoms in total. The Labute approximate surface area is 173 Å². The van der Waals surface area contributed by atoms with Crippen molar-refractivity contribution in [2.45, 2.75) is 0 Å². The van der Waals surface area contributed by atoms with E-state index in [1.165, 1.54) is 18.2 Å². The largest absolute Gasteiger partial charge is 0.508 e. The topological polar surface area (TPSA) is 124 Å². The highest BCUT2D eigenvalue weighted by Crippen LogP contribution is 2.32. The van der Waals surface area contributed by atoms with Crippen LogP contribution in [-0.4, -0.2) is 44.7 Å². The lowest BCUT2D eigenvalue weighted by Crippen LogP contribution is -2.36. The third-order valence-electron chi connectivity index (χ3n) is 3.83. The fourth-order valence-corrected chi connectivity index (χ4v) is 3.57. The van der Waals surface area contributed by atoms with Crippen molar-refractivity contribution in [2.24, 2.45) is 0 Å². The first-order valence-corrected chi connectivity index (χ1v) is 9.31. The molecule has 2 aromatic carbocycles. The van der Waals surface area contributed by atoms with E-state index in [-0.39, 0.29) is 21.9 Å². The monoisotopic (exact) mass is 432 g/mol. The Bertz CT molecular complexity index is 1070. The molecule has 1 fully saturated rings. The summed E-state index contributed by atoms with van der Waals surface area (Å²) in [4.78, 5) is 49.1. The molecule has 0 unspecified atom stereocenters. The maximum absolute atomic E-state index is 12.5. The second-order valence-electron chi connectivity index (χ2n) is 5.91. The molecule has 0 saturated carbocycles. The van der Waals surface area contributed by atoms with Crippen molar-refractivity contribution < 1.29 is 29.4 Å².